The molecule has 1 N–H and O–H groups in total. The lowest BCUT2D eigenvalue weighted by molar-refractivity contribution is -0.384. The summed E-state index contributed by atoms with van der Waals surface area (Å²) in [6.45, 7) is 2.03. The molecule has 8 heteroatoms. The van der Waals surface area contributed by atoms with Gasteiger partial charge in [-0.25, -0.2) is 0 Å². The first-order valence-corrected chi connectivity index (χ1v) is 10.8. The van der Waals surface area contributed by atoms with Crippen molar-refractivity contribution in [3.63, 3.8) is 0 Å². The molecule has 5 rings (SSSR count). The fourth-order valence-electron chi connectivity index (χ4n) is 4.20. The van der Waals surface area contributed by atoms with Gasteiger partial charge in [-0.1, -0.05) is 30.3 Å². The molecule has 0 unspecified atom stereocenters. The summed E-state index contributed by atoms with van der Waals surface area (Å²) in [4.78, 5) is 17.7. The Morgan fingerprint density at radius 3 is 2.64 bits per heavy atom. The van der Waals surface area contributed by atoms with Crippen LogP contribution in [0, 0.1) is 17.0 Å². The Morgan fingerprint density at radius 2 is 1.88 bits per heavy atom. The summed E-state index contributed by atoms with van der Waals surface area (Å²) >= 11 is 5.73. The monoisotopic (exact) mass is 456 g/mol. The van der Waals surface area contributed by atoms with Gasteiger partial charge in [-0.2, -0.15) is 0 Å². The molecule has 2 atom stereocenters. The number of aryl methyl sites for hydroxylation is 1. The SMILES string of the molecule is Cc1cccc(N2C(=S)N[C@@H](c3ccccn3)[C@@H]2c2ccc(-c3ccccc3[N+](=O)[O-])o2)c1. The molecule has 7 nitrogen and oxygen atoms in total. The number of furan rings is 1. The molecule has 0 radical (unpaired) electrons. The molecule has 1 saturated heterocycles. The number of pyridine rings is 1. The van der Waals surface area contributed by atoms with Crippen molar-refractivity contribution in [2.45, 2.75) is 19.0 Å². The Balaban J connectivity index is 1.62. The van der Waals surface area contributed by atoms with Crippen LogP contribution in [0.1, 0.15) is 29.1 Å². The van der Waals surface area contributed by atoms with Crippen molar-refractivity contribution in [1.29, 1.82) is 0 Å². The first-order valence-electron chi connectivity index (χ1n) is 10.4. The van der Waals surface area contributed by atoms with Gasteiger partial charge in [0.15, 0.2) is 5.11 Å². The molecular formula is C25H20N4O3S. The summed E-state index contributed by atoms with van der Waals surface area (Å²) < 4.78 is 6.25. The van der Waals surface area contributed by atoms with Crippen LogP contribution in [0.25, 0.3) is 11.3 Å². The molecule has 2 aromatic carbocycles. The number of para-hydroxylation sites is 1. The van der Waals surface area contributed by atoms with Gasteiger partial charge in [-0.3, -0.25) is 15.1 Å². The van der Waals surface area contributed by atoms with E-state index in [-0.39, 0.29) is 17.8 Å². The normalized spacial score (nSPS) is 17.7. The minimum atomic E-state index is -0.403. The first kappa shape index (κ1) is 20.8. The maximum Gasteiger partial charge on any atom is 0.280 e. The van der Waals surface area contributed by atoms with E-state index in [9.17, 15) is 10.1 Å². The zero-order chi connectivity index (χ0) is 22.9. The van der Waals surface area contributed by atoms with Gasteiger partial charge in [-0.15, -0.1) is 0 Å². The van der Waals surface area contributed by atoms with E-state index in [2.05, 4.69) is 16.4 Å². The quantitative estimate of drug-likeness (QED) is 0.233. The number of benzene rings is 2. The van der Waals surface area contributed by atoms with Gasteiger partial charge in [0.05, 0.1) is 22.2 Å². The summed E-state index contributed by atoms with van der Waals surface area (Å²) in [5.41, 5.74) is 3.28. The summed E-state index contributed by atoms with van der Waals surface area (Å²) in [6, 6.07) is 23.4. The second-order valence-electron chi connectivity index (χ2n) is 7.81. The van der Waals surface area contributed by atoms with Crippen molar-refractivity contribution in [3.8, 4) is 11.3 Å². The van der Waals surface area contributed by atoms with Crippen molar-refractivity contribution >= 4 is 28.7 Å². The van der Waals surface area contributed by atoms with Gasteiger partial charge in [0, 0.05) is 18.0 Å². The third kappa shape index (κ3) is 3.85. The van der Waals surface area contributed by atoms with Gasteiger partial charge in [0.1, 0.15) is 17.6 Å². The van der Waals surface area contributed by atoms with E-state index in [1.54, 1.807) is 30.5 Å². The number of aromatic nitrogens is 1. The van der Waals surface area contributed by atoms with Crippen LogP contribution >= 0.6 is 12.2 Å². The van der Waals surface area contributed by atoms with Crippen LogP contribution in [0.4, 0.5) is 11.4 Å². The van der Waals surface area contributed by atoms with Crippen molar-refractivity contribution in [2.24, 2.45) is 0 Å². The van der Waals surface area contributed by atoms with E-state index < -0.39 is 4.92 Å². The highest BCUT2D eigenvalue weighted by molar-refractivity contribution is 7.80. The van der Waals surface area contributed by atoms with Gasteiger partial charge in [-0.05, 0) is 67.2 Å². The first-order chi connectivity index (χ1) is 16.0. The summed E-state index contributed by atoms with van der Waals surface area (Å²) in [5.74, 6) is 1.06. The number of nitro benzene ring substituents is 1. The summed E-state index contributed by atoms with van der Waals surface area (Å²) in [7, 11) is 0. The Morgan fingerprint density at radius 1 is 1.06 bits per heavy atom. The molecule has 164 valence electrons. The molecule has 1 fully saturated rings. The molecule has 1 aliphatic rings. The molecule has 2 aromatic heterocycles. The lowest BCUT2D eigenvalue weighted by Crippen LogP contribution is -2.29. The van der Waals surface area contributed by atoms with E-state index in [0.29, 0.717) is 22.2 Å². The standard InChI is InChI=1S/C25H20N4O3S/c1-16-7-6-8-17(15-16)28-24(23(27-25(28)33)19-10-4-5-14-26-19)22-13-12-21(32-22)18-9-2-3-11-20(18)29(30)31/h2-15,23-24H,1H3,(H,27,33)/t23-,24-/m0/s1. The molecule has 4 aromatic rings. The van der Waals surface area contributed by atoms with Gasteiger partial charge >= 0.3 is 0 Å². The van der Waals surface area contributed by atoms with Gasteiger partial charge in [0.25, 0.3) is 5.69 Å². The number of thiocarbonyl (C=S) groups is 1. The largest absolute Gasteiger partial charge is 0.459 e. The highest BCUT2D eigenvalue weighted by Gasteiger charge is 2.42. The lowest BCUT2D eigenvalue weighted by Gasteiger charge is -2.26. The van der Waals surface area contributed by atoms with Crippen molar-refractivity contribution < 1.29 is 9.34 Å². The number of nitro groups is 1. The molecule has 3 heterocycles. The van der Waals surface area contributed by atoms with E-state index in [4.69, 9.17) is 16.6 Å². The van der Waals surface area contributed by atoms with Crippen LogP contribution in [-0.4, -0.2) is 15.0 Å². The van der Waals surface area contributed by atoms with E-state index >= 15 is 0 Å². The minimum Gasteiger partial charge on any atom is -0.459 e. The number of hydrogen-bond acceptors (Lipinski definition) is 5. The molecular weight excluding hydrogens is 436 g/mol. The van der Waals surface area contributed by atoms with E-state index in [1.807, 2.05) is 54.3 Å². The highest BCUT2D eigenvalue weighted by atomic mass is 32.1. The third-order valence-corrected chi connectivity index (χ3v) is 5.98. The predicted octanol–water partition coefficient (Wildman–Crippen LogP) is 5.74. The highest BCUT2D eigenvalue weighted by Crippen LogP contribution is 2.43. The molecule has 0 aliphatic carbocycles. The number of rotatable bonds is 5. The van der Waals surface area contributed by atoms with Gasteiger partial charge in [0.2, 0.25) is 0 Å². The third-order valence-electron chi connectivity index (χ3n) is 5.66. The molecule has 0 saturated carbocycles. The fourth-order valence-corrected chi connectivity index (χ4v) is 4.54. The second-order valence-corrected chi connectivity index (χ2v) is 8.20. The average molecular weight is 457 g/mol. The lowest BCUT2D eigenvalue weighted by atomic mass is 10.0. The zero-order valence-corrected chi connectivity index (χ0v) is 18.5. The maximum atomic E-state index is 11.5. The van der Waals surface area contributed by atoms with Crippen molar-refractivity contribution in [1.82, 2.24) is 10.3 Å². The molecule has 0 bridgehead atoms. The number of hydrogen-bond donors (Lipinski definition) is 1. The maximum absolute atomic E-state index is 11.5. The number of anilines is 1. The van der Waals surface area contributed by atoms with Crippen LogP contribution in [0.3, 0.4) is 0 Å². The van der Waals surface area contributed by atoms with Crippen molar-refractivity contribution in [3.05, 3.63) is 112 Å². The van der Waals surface area contributed by atoms with E-state index in [1.165, 1.54) is 6.07 Å². The average Bonchev–Trinajstić information content (AvgIpc) is 3.44. The van der Waals surface area contributed by atoms with Crippen LogP contribution in [0.2, 0.25) is 0 Å². The zero-order valence-electron chi connectivity index (χ0n) is 17.7. The molecule has 0 amide bonds. The smallest absolute Gasteiger partial charge is 0.280 e. The summed E-state index contributed by atoms with van der Waals surface area (Å²) in [6.07, 6.45) is 1.74. The molecule has 1 aliphatic heterocycles. The predicted molar refractivity (Wildman–Crippen MR) is 130 cm³/mol. The number of nitrogens with one attached hydrogen (secondary N) is 1. The van der Waals surface area contributed by atoms with E-state index in [0.717, 1.165) is 16.9 Å². The summed E-state index contributed by atoms with van der Waals surface area (Å²) in [5, 5.41) is 15.5. The van der Waals surface area contributed by atoms with Crippen molar-refractivity contribution in [2.75, 3.05) is 4.90 Å². The Kier molecular flexibility index (Phi) is 5.35. The topological polar surface area (TPSA) is 84.4 Å². The second kappa shape index (κ2) is 8.48. The Labute approximate surface area is 195 Å². The Hall–Kier alpha value is -4.04. The van der Waals surface area contributed by atoms with Crippen LogP contribution in [-0.2, 0) is 0 Å². The fraction of sp³-hybridized carbons (Fsp3) is 0.120. The number of nitrogens with zero attached hydrogens (tertiary/aromatic N) is 3. The minimum absolute atomic E-state index is 0.00437. The molecule has 0 spiro atoms. The van der Waals surface area contributed by atoms with Crippen LogP contribution < -0.4 is 10.2 Å². The Bertz CT molecular complexity index is 1340. The van der Waals surface area contributed by atoms with Gasteiger partial charge < -0.3 is 14.6 Å². The van der Waals surface area contributed by atoms with Crippen LogP contribution in [0.15, 0.2) is 89.5 Å². The van der Waals surface area contributed by atoms with Crippen LogP contribution in [0.5, 0.6) is 0 Å². The molecule has 33 heavy (non-hydrogen) atoms.